The molecule has 1 N–H and O–H groups in total. The summed E-state index contributed by atoms with van der Waals surface area (Å²) < 4.78 is 27.4. The summed E-state index contributed by atoms with van der Waals surface area (Å²) in [6.07, 6.45) is 9.46. The highest BCUT2D eigenvalue weighted by atomic mass is 32.2. The molecule has 1 fully saturated rings. The van der Waals surface area contributed by atoms with Crippen molar-refractivity contribution in [3.05, 3.63) is 64.7 Å². The Hall–Kier alpha value is -2.51. The van der Waals surface area contributed by atoms with Gasteiger partial charge in [-0.2, -0.15) is 4.31 Å². The van der Waals surface area contributed by atoms with Crippen LogP contribution >= 0.6 is 0 Å². The Morgan fingerprint density at radius 3 is 2.20 bits per heavy atom. The van der Waals surface area contributed by atoms with Crippen molar-refractivity contribution < 1.29 is 18.0 Å². The molecule has 0 radical (unpaired) electrons. The van der Waals surface area contributed by atoms with Gasteiger partial charge in [0.15, 0.2) is 5.78 Å². The minimum absolute atomic E-state index is 0.00901. The molecule has 0 saturated carbocycles. The molecule has 1 aliphatic carbocycles. The summed E-state index contributed by atoms with van der Waals surface area (Å²) in [5.74, 6) is -0.133. The fourth-order valence-corrected chi connectivity index (χ4v) is 6.49. The van der Waals surface area contributed by atoms with Crippen LogP contribution in [0.4, 0.5) is 0 Å². The summed E-state index contributed by atoms with van der Waals surface area (Å²) in [5, 5.41) is 2.87. The Morgan fingerprint density at radius 2 is 1.49 bits per heavy atom. The fraction of sp³-hybridized carbons (Fsp3) is 0.500. The lowest BCUT2D eigenvalue weighted by atomic mass is 9.89. The second kappa shape index (κ2) is 12.0. The van der Waals surface area contributed by atoms with Crippen LogP contribution in [0.25, 0.3) is 0 Å². The number of nitrogens with zero attached hydrogens (tertiary/aromatic N) is 1. The number of fused-ring (bicyclic) bond motifs is 1. The maximum absolute atomic E-state index is 12.9. The second-order valence-electron chi connectivity index (χ2n) is 9.68. The largest absolute Gasteiger partial charge is 0.356 e. The number of hydrogen-bond acceptors (Lipinski definition) is 4. The van der Waals surface area contributed by atoms with Crippen LogP contribution in [-0.4, -0.2) is 44.0 Å². The molecule has 1 amide bonds. The minimum atomic E-state index is -3.45. The van der Waals surface area contributed by atoms with Crippen molar-refractivity contribution in [2.75, 3.05) is 19.6 Å². The Kier molecular flexibility index (Phi) is 8.74. The fourth-order valence-electron chi connectivity index (χ4n) is 4.97. The smallest absolute Gasteiger partial charge is 0.243 e. The highest BCUT2D eigenvalue weighted by Crippen LogP contribution is 2.23. The van der Waals surface area contributed by atoms with Crippen LogP contribution in [-0.2, 0) is 34.1 Å². The Bertz CT molecular complexity index is 1130. The summed E-state index contributed by atoms with van der Waals surface area (Å²) in [7, 11) is -3.45. The molecule has 1 saturated heterocycles. The number of aryl methyl sites for hydroxylation is 2. The van der Waals surface area contributed by atoms with Crippen LogP contribution < -0.4 is 5.32 Å². The van der Waals surface area contributed by atoms with E-state index in [1.165, 1.54) is 24.0 Å². The number of rotatable bonds is 9. The summed E-state index contributed by atoms with van der Waals surface area (Å²) in [5.41, 5.74) is 4.29. The number of ketones is 1. The normalized spacial score (nSPS) is 16.8. The van der Waals surface area contributed by atoms with Crippen LogP contribution in [0.15, 0.2) is 47.4 Å². The Labute approximate surface area is 209 Å². The topological polar surface area (TPSA) is 83.5 Å². The summed E-state index contributed by atoms with van der Waals surface area (Å²) >= 11 is 0. The van der Waals surface area contributed by atoms with Gasteiger partial charge in [0, 0.05) is 38.0 Å². The zero-order valence-electron chi connectivity index (χ0n) is 20.4. The predicted molar refractivity (Wildman–Crippen MR) is 137 cm³/mol. The molecule has 7 heteroatoms. The van der Waals surface area contributed by atoms with Crippen LogP contribution in [0.2, 0.25) is 0 Å². The molecule has 4 rings (SSSR count). The molecule has 0 bridgehead atoms. The molecular weight excluding hydrogens is 460 g/mol. The van der Waals surface area contributed by atoms with Crippen LogP contribution in [0.1, 0.15) is 78.4 Å². The average Bonchev–Trinajstić information content (AvgIpc) is 3.18. The predicted octanol–water partition coefficient (Wildman–Crippen LogP) is 4.45. The first-order chi connectivity index (χ1) is 16.9. The van der Waals surface area contributed by atoms with Gasteiger partial charge in [0.05, 0.1) is 4.90 Å². The van der Waals surface area contributed by atoms with Crippen molar-refractivity contribution in [3.8, 4) is 0 Å². The molecule has 1 heterocycles. The molecular formula is C28H36N2O4S. The highest BCUT2D eigenvalue weighted by molar-refractivity contribution is 7.89. The first-order valence-electron chi connectivity index (χ1n) is 12.9. The molecule has 2 aromatic carbocycles. The molecule has 0 aromatic heterocycles. The first kappa shape index (κ1) is 25.6. The molecule has 2 aliphatic rings. The van der Waals surface area contributed by atoms with Gasteiger partial charge < -0.3 is 5.32 Å². The van der Waals surface area contributed by atoms with E-state index in [0.717, 1.165) is 44.1 Å². The maximum Gasteiger partial charge on any atom is 0.243 e. The first-order valence-corrected chi connectivity index (χ1v) is 14.4. The van der Waals surface area contributed by atoms with Crippen LogP contribution in [0, 0.1) is 0 Å². The van der Waals surface area contributed by atoms with E-state index in [2.05, 4.69) is 11.4 Å². The zero-order valence-corrected chi connectivity index (χ0v) is 21.2. The summed E-state index contributed by atoms with van der Waals surface area (Å²) in [6.45, 7) is 1.63. The van der Waals surface area contributed by atoms with E-state index in [4.69, 9.17) is 0 Å². The van der Waals surface area contributed by atoms with Gasteiger partial charge >= 0.3 is 0 Å². The van der Waals surface area contributed by atoms with E-state index in [9.17, 15) is 18.0 Å². The highest BCUT2D eigenvalue weighted by Gasteiger charge is 2.24. The number of nitrogens with one attached hydrogen (secondary N) is 1. The zero-order chi connectivity index (χ0) is 24.7. The lowest BCUT2D eigenvalue weighted by Gasteiger charge is -2.20. The van der Waals surface area contributed by atoms with Gasteiger partial charge in [-0.15, -0.1) is 0 Å². The third-order valence-electron chi connectivity index (χ3n) is 7.11. The van der Waals surface area contributed by atoms with Crippen molar-refractivity contribution in [2.45, 2.75) is 75.5 Å². The van der Waals surface area contributed by atoms with Gasteiger partial charge in [0.2, 0.25) is 15.9 Å². The quantitative estimate of drug-likeness (QED) is 0.520. The Morgan fingerprint density at radius 1 is 0.800 bits per heavy atom. The molecule has 0 unspecified atom stereocenters. The van der Waals surface area contributed by atoms with Gasteiger partial charge in [0.25, 0.3) is 0 Å². The van der Waals surface area contributed by atoms with Crippen molar-refractivity contribution in [3.63, 3.8) is 0 Å². The van der Waals surface area contributed by atoms with E-state index >= 15 is 0 Å². The number of benzene rings is 2. The van der Waals surface area contributed by atoms with E-state index in [1.807, 2.05) is 24.3 Å². The van der Waals surface area contributed by atoms with E-state index in [-0.39, 0.29) is 24.5 Å². The number of Topliss-reactive ketones (excluding diaryl/α,β-unsaturated/α-hetero) is 1. The molecule has 0 atom stereocenters. The molecule has 35 heavy (non-hydrogen) atoms. The Balaban J connectivity index is 1.21. The number of amides is 1. The van der Waals surface area contributed by atoms with E-state index in [0.29, 0.717) is 36.5 Å². The van der Waals surface area contributed by atoms with Gasteiger partial charge in [0.1, 0.15) is 0 Å². The number of hydrogen-bond donors (Lipinski definition) is 1. The van der Waals surface area contributed by atoms with E-state index < -0.39 is 10.0 Å². The monoisotopic (exact) mass is 496 g/mol. The molecule has 6 nitrogen and oxygen atoms in total. The second-order valence-corrected chi connectivity index (χ2v) is 11.6. The van der Waals surface area contributed by atoms with Gasteiger partial charge in [-0.05, 0) is 79.8 Å². The van der Waals surface area contributed by atoms with E-state index in [1.54, 1.807) is 16.4 Å². The summed E-state index contributed by atoms with van der Waals surface area (Å²) in [4.78, 5) is 25.1. The third-order valence-corrected chi connectivity index (χ3v) is 9.02. The van der Waals surface area contributed by atoms with Crippen molar-refractivity contribution in [1.82, 2.24) is 9.62 Å². The van der Waals surface area contributed by atoms with Crippen LogP contribution in [0.3, 0.4) is 0 Å². The number of sulfonamides is 1. The van der Waals surface area contributed by atoms with Crippen LogP contribution in [0.5, 0.6) is 0 Å². The van der Waals surface area contributed by atoms with Crippen molar-refractivity contribution >= 4 is 21.7 Å². The number of carbonyl (C=O) groups is 2. The molecule has 2 aromatic rings. The third kappa shape index (κ3) is 6.79. The van der Waals surface area contributed by atoms with Gasteiger partial charge in [-0.1, -0.05) is 37.1 Å². The summed E-state index contributed by atoms with van der Waals surface area (Å²) in [6, 6.07) is 12.9. The standard InChI is InChI=1S/C28H36N2O4S/c31-27(25-12-11-23-7-3-4-8-24(23)21-25)15-16-28(32)29-18-17-22-9-13-26(14-10-22)35(33,34)30-19-5-1-2-6-20-30/h9-14,21H,1-8,15-20H2,(H,29,32). The average molecular weight is 497 g/mol. The lowest BCUT2D eigenvalue weighted by molar-refractivity contribution is -0.121. The molecule has 1 aliphatic heterocycles. The molecule has 188 valence electrons. The molecule has 0 spiro atoms. The SMILES string of the molecule is O=C(CCC(=O)c1ccc2c(c1)CCCC2)NCCc1ccc(S(=O)(=O)N2CCCCCC2)cc1. The van der Waals surface area contributed by atoms with Crippen molar-refractivity contribution in [2.24, 2.45) is 0 Å². The van der Waals surface area contributed by atoms with Gasteiger partial charge in [-0.3, -0.25) is 9.59 Å². The van der Waals surface area contributed by atoms with Gasteiger partial charge in [-0.25, -0.2) is 8.42 Å². The lowest BCUT2D eigenvalue weighted by Crippen LogP contribution is -2.31. The maximum atomic E-state index is 12.9. The minimum Gasteiger partial charge on any atom is -0.356 e. The van der Waals surface area contributed by atoms with Crippen molar-refractivity contribution in [1.29, 1.82) is 0 Å². The number of carbonyl (C=O) groups excluding carboxylic acids is 2.